The van der Waals surface area contributed by atoms with Gasteiger partial charge >= 0.3 is 5.69 Å². The third kappa shape index (κ3) is 4.41. The van der Waals surface area contributed by atoms with Crippen molar-refractivity contribution in [3.8, 4) is 28.7 Å². The van der Waals surface area contributed by atoms with Gasteiger partial charge in [-0.3, -0.25) is 4.57 Å². The van der Waals surface area contributed by atoms with Crippen molar-refractivity contribution in [2.24, 2.45) is 7.05 Å². The van der Waals surface area contributed by atoms with Crippen LogP contribution in [0.25, 0.3) is 11.1 Å². The standard InChI is InChI=1S/C20H18ClFN4O3/c1-11(2)29-13-4-5-17(22)14(7-13)15-6-12(9-23)16(21)8-18(15)28-10-19-24-25-20(27)26(19)3/h4-8,11H,10H2,1-3H3,(H,25,27). The van der Waals surface area contributed by atoms with E-state index in [2.05, 4.69) is 10.2 Å². The Morgan fingerprint density at radius 2 is 2.07 bits per heavy atom. The van der Waals surface area contributed by atoms with Crippen molar-refractivity contribution in [3.63, 3.8) is 0 Å². The number of halogens is 2. The lowest BCUT2D eigenvalue weighted by Crippen LogP contribution is -2.15. The van der Waals surface area contributed by atoms with E-state index in [0.29, 0.717) is 17.1 Å². The van der Waals surface area contributed by atoms with Crippen LogP contribution in [0, 0.1) is 17.1 Å². The van der Waals surface area contributed by atoms with Gasteiger partial charge in [-0.15, -0.1) is 0 Å². The second kappa shape index (κ2) is 8.37. The van der Waals surface area contributed by atoms with E-state index in [9.17, 15) is 14.4 Å². The molecule has 0 saturated heterocycles. The number of nitriles is 1. The Morgan fingerprint density at radius 3 is 2.69 bits per heavy atom. The van der Waals surface area contributed by atoms with Crippen LogP contribution in [0.5, 0.6) is 11.5 Å². The Labute approximate surface area is 171 Å². The molecule has 0 fully saturated rings. The van der Waals surface area contributed by atoms with Crippen molar-refractivity contribution in [2.75, 3.05) is 0 Å². The molecule has 7 nitrogen and oxygen atoms in total. The Hall–Kier alpha value is -3.31. The van der Waals surface area contributed by atoms with Gasteiger partial charge in [0.05, 0.1) is 16.7 Å². The molecule has 0 aliphatic rings. The quantitative estimate of drug-likeness (QED) is 0.659. The molecule has 3 aromatic rings. The summed E-state index contributed by atoms with van der Waals surface area (Å²) in [6, 6.07) is 9.23. The smallest absolute Gasteiger partial charge is 0.343 e. The molecule has 9 heteroatoms. The molecule has 0 spiro atoms. The lowest BCUT2D eigenvalue weighted by molar-refractivity contribution is 0.242. The fraction of sp³-hybridized carbons (Fsp3) is 0.250. The van der Waals surface area contributed by atoms with E-state index in [1.165, 1.54) is 34.9 Å². The normalized spacial score (nSPS) is 10.8. The topological polar surface area (TPSA) is 92.9 Å². The van der Waals surface area contributed by atoms with E-state index >= 15 is 0 Å². The molecule has 0 aliphatic carbocycles. The van der Waals surface area contributed by atoms with Gasteiger partial charge in [-0.2, -0.15) is 10.4 Å². The minimum absolute atomic E-state index is 0.0612. The summed E-state index contributed by atoms with van der Waals surface area (Å²) in [4.78, 5) is 11.5. The van der Waals surface area contributed by atoms with Crippen LogP contribution in [0.2, 0.25) is 5.02 Å². The lowest BCUT2D eigenvalue weighted by atomic mass is 10.0. The first kappa shape index (κ1) is 20.4. The van der Waals surface area contributed by atoms with E-state index in [1.807, 2.05) is 19.9 Å². The van der Waals surface area contributed by atoms with Crippen LogP contribution >= 0.6 is 11.6 Å². The van der Waals surface area contributed by atoms with Crippen molar-refractivity contribution in [1.82, 2.24) is 14.8 Å². The Kier molecular flexibility index (Phi) is 5.89. The van der Waals surface area contributed by atoms with Crippen molar-refractivity contribution in [3.05, 3.63) is 63.0 Å². The molecule has 0 saturated carbocycles. The predicted octanol–water partition coefficient (Wildman–Crippen LogP) is 3.81. The van der Waals surface area contributed by atoms with E-state index in [1.54, 1.807) is 7.05 Å². The molecular weight excluding hydrogens is 399 g/mol. The zero-order chi connectivity index (χ0) is 21.1. The molecule has 29 heavy (non-hydrogen) atoms. The van der Waals surface area contributed by atoms with Gasteiger partial charge in [-0.25, -0.2) is 14.3 Å². The minimum atomic E-state index is -0.510. The molecule has 2 aromatic carbocycles. The number of benzene rings is 2. The van der Waals surface area contributed by atoms with Crippen LogP contribution in [0.1, 0.15) is 25.2 Å². The van der Waals surface area contributed by atoms with Crippen molar-refractivity contribution in [2.45, 2.75) is 26.6 Å². The van der Waals surface area contributed by atoms with Gasteiger partial charge in [0.2, 0.25) is 0 Å². The Balaban J connectivity index is 2.06. The maximum atomic E-state index is 14.6. The third-order valence-corrected chi connectivity index (χ3v) is 4.43. The zero-order valence-corrected chi connectivity index (χ0v) is 16.7. The highest BCUT2D eigenvalue weighted by Gasteiger charge is 2.17. The molecule has 1 aromatic heterocycles. The summed E-state index contributed by atoms with van der Waals surface area (Å²) in [5.41, 5.74) is 0.322. The summed E-state index contributed by atoms with van der Waals surface area (Å²) in [6.45, 7) is 3.66. The maximum Gasteiger partial charge on any atom is 0.343 e. The van der Waals surface area contributed by atoms with Crippen molar-refractivity contribution in [1.29, 1.82) is 5.26 Å². The zero-order valence-electron chi connectivity index (χ0n) is 16.0. The highest BCUT2D eigenvalue weighted by molar-refractivity contribution is 6.32. The van der Waals surface area contributed by atoms with Gasteiger partial charge < -0.3 is 9.47 Å². The molecule has 0 bridgehead atoms. The van der Waals surface area contributed by atoms with E-state index in [4.69, 9.17) is 21.1 Å². The van der Waals surface area contributed by atoms with Gasteiger partial charge in [-0.1, -0.05) is 11.6 Å². The number of nitrogens with one attached hydrogen (secondary N) is 1. The number of aromatic amines is 1. The van der Waals surface area contributed by atoms with Crippen LogP contribution in [-0.2, 0) is 13.7 Å². The van der Waals surface area contributed by atoms with Gasteiger partial charge in [-0.05, 0) is 38.1 Å². The van der Waals surface area contributed by atoms with E-state index in [-0.39, 0.29) is 40.3 Å². The van der Waals surface area contributed by atoms with Crippen molar-refractivity contribution >= 4 is 11.6 Å². The first-order valence-corrected chi connectivity index (χ1v) is 9.11. The molecule has 0 radical (unpaired) electrons. The van der Waals surface area contributed by atoms with Crippen LogP contribution in [-0.4, -0.2) is 20.9 Å². The Morgan fingerprint density at radius 1 is 1.31 bits per heavy atom. The summed E-state index contributed by atoms with van der Waals surface area (Å²) in [5, 5.41) is 15.7. The second-order valence-electron chi connectivity index (χ2n) is 6.54. The second-order valence-corrected chi connectivity index (χ2v) is 6.95. The first-order valence-electron chi connectivity index (χ1n) is 8.73. The average molecular weight is 417 g/mol. The van der Waals surface area contributed by atoms with E-state index in [0.717, 1.165) is 0 Å². The molecule has 3 rings (SSSR count). The fourth-order valence-electron chi connectivity index (χ4n) is 2.68. The van der Waals surface area contributed by atoms with Crippen molar-refractivity contribution < 1.29 is 13.9 Å². The molecule has 0 amide bonds. The maximum absolute atomic E-state index is 14.6. The molecule has 1 N–H and O–H groups in total. The summed E-state index contributed by atoms with van der Waals surface area (Å²) in [5.74, 6) is 0.554. The average Bonchev–Trinajstić information content (AvgIpc) is 2.99. The Bertz CT molecular complexity index is 1150. The number of hydrogen-bond donors (Lipinski definition) is 1. The monoisotopic (exact) mass is 416 g/mol. The van der Waals surface area contributed by atoms with Crippen LogP contribution in [0.15, 0.2) is 35.1 Å². The van der Waals surface area contributed by atoms with Gasteiger partial charge in [0.25, 0.3) is 0 Å². The SMILES string of the molecule is CC(C)Oc1ccc(F)c(-c2cc(C#N)c(Cl)cc2OCc2n[nH]c(=O)n2C)c1. The molecule has 1 heterocycles. The molecular formula is C20H18ClFN4O3. The largest absolute Gasteiger partial charge is 0.491 e. The van der Waals surface area contributed by atoms with Crippen LogP contribution in [0.3, 0.4) is 0 Å². The van der Waals surface area contributed by atoms with Crippen LogP contribution in [0.4, 0.5) is 4.39 Å². The predicted molar refractivity (Wildman–Crippen MR) is 105 cm³/mol. The number of rotatable bonds is 6. The summed E-state index contributed by atoms with van der Waals surface area (Å²) in [7, 11) is 1.55. The summed E-state index contributed by atoms with van der Waals surface area (Å²) >= 11 is 6.15. The van der Waals surface area contributed by atoms with E-state index < -0.39 is 5.82 Å². The minimum Gasteiger partial charge on any atom is -0.491 e. The fourth-order valence-corrected chi connectivity index (χ4v) is 2.87. The number of nitrogens with zero attached hydrogens (tertiary/aromatic N) is 3. The molecule has 0 aliphatic heterocycles. The van der Waals surface area contributed by atoms with Crippen LogP contribution < -0.4 is 15.2 Å². The third-order valence-electron chi connectivity index (χ3n) is 4.12. The molecule has 0 atom stereocenters. The first-order chi connectivity index (χ1) is 13.8. The number of H-pyrrole nitrogens is 1. The van der Waals surface area contributed by atoms with Gasteiger partial charge in [0.1, 0.15) is 30.0 Å². The highest BCUT2D eigenvalue weighted by atomic mass is 35.5. The molecule has 150 valence electrons. The number of aromatic nitrogens is 3. The highest BCUT2D eigenvalue weighted by Crippen LogP contribution is 2.38. The number of hydrogen-bond acceptors (Lipinski definition) is 5. The summed E-state index contributed by atoms with van der Waals surface area (Å²) < 4.78 is 27.4. The number of ether oxygens (including phenoxy) is 2. The molecule has 0 unspecified atom stereocenters. The summed E-state index contributed by atoms with van der Waals surface area (Å²) in [6.07, 6.45) is -0.0927. The lowest BCUT2D eigenvalue weighted by Gasteiger charge is -2.15. The van der Waals surface area contributed by atoms with Gasteiger partial charge in [0.15, 0.2) is 5.82 Å². The van der Waals surface area contributed by atoms with Gasteiger partial charge in [0, 0.05) is 24.2 Å².